The number of rotatable bonds is 3. The van der Waals surface area contributed by atoms with Gasteiger partial charge < -0.3 is 10.8 Å². The summed E-state index contributed by atoms with van der Waals surface area (Å²) in [6.45, 7) is 3.54. The highest BCUT2D eigenvalue weighted by atomic mass is 35.5. The van der Waals surface area contributed by atoms with Crippen molar-refractivity contribution in [3.63, 3.8) is 0 Å². The number of nitrogens with two attached hydrogens (primary N) is 1. The summed E-state index contributed by atoms with van der Waals surface area (Å²) in [6.07, 6.45) is -0.791. The summed E-state index contributed by atoms with van der Waals surface area (Å²) in [5.41, 5.74) is 6.81. The first-order chi connectivity index (χ1) is 8.08. The highest BCUT2D eigenvalue weighted by Crippen LogP contribution is 2.33. The van der Waals surface area contributed by atoms with E-state index < -0.39 is 6.10 Å². The Hall–Kier alpha value is -1.29. The van der Waals surface area contributed by atoms with Gasteiger partial charge in [-0.25, -0.2) is 0 Å². The lowest BCUT2D eigenvalue weighted by atomic mass is 10.2. The average Bonchev–Trinajstić information content (AvgIpc) is 2.78. The Bertz CT molecular complexity index is 533. The van der Waals surface area contributed by atoms with E-state index in [0.717, 1.165) is 15.3 Å². The second-order valence-electron chi connectivity index (χ2n) is 3.69. The molecular formula is C13H12ClNOS. The van der Waals surface area contributed by atoms with E-state index in [0.29, 0.717) is 5.02 Å². The van der Waals surface area contributed by atoms with Gasteiger partial charge >= 0.3 is 0 Å². The lowest BCUT2D eigenvalue weighted by Gasteiger charge is -2.06. The molecule has 0 radical (unpaired) electrons. The molecule has 0 saturated heterocycles. The smallest absolute Gasteiger partial charge is 0.127 e. The Morgan fingerprint density at radius 2 is 1.88 bits per heavy atom. The predicted octanol–water partition coefficient (Wildman–Crippen LogP) is 3.57. The molecule has 3 N–H and O–H groups in total. The molecule has 88 valence electrons. The van der Waals surface area contributed by atoms with Gasteiger partial charge in [-0.3, -0.25) is 0 Å². The zero-order chi connectivity index (χ0) is 12.4. The van der Waals surface area contributed by atoms with Gasteiger partial charge in [-0.15, -0.1) is 11.3 Å². The van der Waals surface area contributed by atoms with Gasteiger partial charge in [0.15, 0.2) is 0 Å². The van der Waals surface area contributed by atoms with Gasteiger partial charge in [0.2, 0.25) is 0 Å². The molecule has 2 rings (SSSR count). The number of aliphatic hydroxyl groups is 1. The van der Waals surface area contributed by atoms with Crippen molar-refractivity contribution in [1.82, 2.24) is 0 Å². The van der Waals surface area contributed by atoms with Gasteiger partial charge in [0, 0.05) is 20.5 Å². The lowest BCUT2D eigenvalue weighted by molar-refractivity contribution is 0.218. The van der Waals surface area contributed by atoms with Gasteiger partial charge in [-0.1, -0.05) is 30.3 Å². The molecular weight excluding hydrogens is 254 g/mol. The van der Waals surface area contributed by atoms with Gasteiger partial charge in [0.05, 0.1) is 0 Å². The maximum absolute atomic E-state index is 9.77. The highest BCUT2D eigenvalue weighted by Gasteiger charge is 2.12. The van der Waals surface area contributed by atoms with Crippen molar-refractivity contribution in [2.24, 2.45) is 5.73 Å². The van der Waals surface area contributed by atoms with Crippen LogP contribution in [0.4, 0.5) is 0 Å². The Morgan fingerprint density at radius 3 is 2.47 bits per heavy atom. The molecule has 1 heterocycles. The van der Waals surface area contributed by atoms with Crippen LogP contribution < -0.4 is 5.73 Å². The van der Waals surface area contributed by atoms with E-state index in [1.54, 1.807) is 0 Å². The molecule has 0 aliphatic carbocycles. The summed E-state index contributed by atoms with van der Waals surface area (Å²) in [7, 11) is 0. The topological polar surface area (TPSA) is 46.2 Å². The van der Waals surface area contributed by atoms with E-state index in [-0.39, 0.29) is 5.70 Å². The number of benzene rings is 1. The minimum atomic E-state index is -0.791. The molecule has 4 heteroatoms. The number of aliphatic hydroxyl groups excluding tert-OH is 1. The summed E-state index contributed by atoms with van der Waals surface area (Å²) < 4.78 is 0. The van der Waals surface area contributed by atoms with Crippen molar-refractivity contribution in [2.75, 3.05) is 0 Å². The zero-order valence-electron chi connectivity index (χ0n) is 9.06. The van der Waals surface area contributed by atoms with Crippen LogP contribution in [0.5, 0.6) is 0 Å². The normalized spacial score (nSPS) is 12.4. The average molecular weight is 266 g/mol. The van der Waals surface area contributed by atoms with E-state index in [9.17, 15) is 5.11 Å². The third-order valence-electron chi connectivity index (χ3n) is 2.38. The Balaban J connectivity index is 2.29. The molecule has 0 aliphatic heterocycles. The van der Waals surface area contributed by atoms with Crippen LogP contribution in [0.3, 0.4) is 0 Å². The van der Waals surface area contributed by atoms with E-state index in [2.05, 4.69) is 6.58 Å². The minimum absolute atomic E-state index is 0.259. The molecule has 2 aromatic rings. The van der Waals surface area contributed by atoms with Crippen molar-refractivity contribution in [3.05, 3.63) is 58.6 Å². The molecule has 1 aromatic heterocycles. The number of hydrogen-bond acceptors (Lipinski definition) is 3. The second-order valence-corrected chi connectivity index (χ2v) is 5.24. The lowest BCUT2D eigenvalue weighted by Crippen LogP contribution is -2.06. The van der Waals surface area contributed by atoms with Crippen molar-refractivity contribution in [3.8, 4) is 10.4 Å². The van der Waals surface area contributed by atoms with Crippen LogP contribution in [-0.4, -0.2) is 5.11 Å². The molecule has 1 atom stereocenters. The monoisotopic (exact) mass is 265 g/mol. The molecule has 0 aliphatic rings. The number of hydrogen-bond donors (Lipinski definition) is 2. The first-order valence-electron chi connectivity index (χ1n) is 5.06. The summed E-state index contributed by atoms with van der Waals surface area (Å²) in [5, 5.41) is 10.5. The van der Waals surface area contributed by atoms with Crippen LogP contribution >= 0.6 is 22.9 Å². The molecule has 2 nitrogen and oxygen atoms in total. The SMILES string of the molecule is C=C(N)C(O)c1ccc(-c2ccc(Cl)cc2)s1. The molecule has 1 aromatic carbocycles. The quantitative estimate of drug-likeness (QED) is 0.891. The van der Waals surface area contributed by atoms with Crippen LogP contribution in [-0.2, 0) is 0 Å². The van der Waals surface area contributed by atoms with Crippen LogP contribution in [0.1, 0.15) is 11.0 Å². The van der Waals surface area contributed by atoms with Gasteiger partial charge in [0.25, 0.3) is 0 Å². The Kier molecular flexibility index (Phi) is 3.52. The summed E-state index contributed by atoms with van der Waals surface area (Å²) in [4.78, 5) is 1.86. The molecule has 0 spiro atoms. The molecule has 1 unspecified atom stereocenters. The van der Waals surface area contributed by atoms with Gasteiger partial charge in [-0.2, -0.15) is 0 Å². The summed E-state index contributed by atoms with van der Waals surface area (Å²) >= 11 is 7.33. The van der Waals surface area contributed by atoms with Crippen molar-refractivity contribution in [2.45, 2.75) is 6.10 Å². The fourth-order valence-electron chi connectivity index (χ4n) is 1.45. The molecule has 0 saturated carbocycles. The molecule has 17 heavy (non-hydrogen) atoms. The second kappa shape index (κ2) is 4.92. The standard InChI is InChI=1S/C13H12ClNOS/c1-8(15)13(16)12-7-6-11(17-12)9-2-4-10(14)5-3-9/h2-7,13,16H,1,15H2. The van der Waals surface area contributed by atoms with Gasteiger partial charge in [-0.05, 0) is 29.8 Å². The maximum atomic E-state index is 9.77. The Morgan fingerprint density at radius 1 is 1.24 bits per heavy atom. The van der Waals surface area contributed by atoms with E-state index in [1.807, 2.05) is 36.4 Å². The maximum Gasteiger partial charge on any atom is 0.127 e. The third kappa shape index (κ3) is 2.69. The van der Waals surface area contributed by atoms with E-state index in [1.165, 1.54) is 11.3 Å². The molecule has 0 bridgehead atoms. The van der Waals surface area contributed by atoms with E-state index in [4.69, 9.17) is 17.3 Å². The van der Waals surface area contributed by atoms with Crippen LogP contribution in [0.25, 0.3) is 10.4 Å². The molecule has 0 fully saturated rings. The number of thiophene rings is 1. The van der Waals surface area contributed by atoms with Crippen molar-refractivity contribution < 1.29 is 5.11 Å². The zero-order valence-corrected chi connectivity index (χ0v) is 10.6. The fraction of sp³-hybridized carbons (Fsp3) is 0.0769. The minimum Gasteiger partial charge on any atom is -0.400 e. The largest absolute Gasteiger partial charge is 0.400 e. The van der Waals surface area contributed by atoms with Crippen LogP contribution in [0.2, 0.25) is 5.02 Å². The van der Waals surface area contributed by atoms with Crippen molar-refractivity contribution >= 4 is 22.9 Å². The van der Waals surface area contributed by atoms with Crippen LogP contribution in [0.15, 0.2) is 48.7 Å². The number of halogens is 1. The predicted molar refractivity (Wildman–Crippen MR) is 73.1 cm³/mol. The summed E-state index contributed by atoms with van der Waals surface area (Å²) in [6, 6.07) is 11.4. The first-order valence-corrected chi connectivity index (χ1v) is 6.25. The molecule has 0 amide bonds. The Labute approximate surface area is 109 Å². The summed E-state index contributed by atoms with van der Waals surface area (Å²) in [5.74, 6) is 0. The van der Waals surface area contributed by atoms with Crippen molar-refractivity contribution in [1.29, 1.82) is 0 Å². The first kappa shape index (κ1) is 12.2. The third-order valence-corrected chi connectivity index (χ3v) is 3.81. The van der Waals surface area contributed by atoms with Gasteiger partial charge in [0.1, 0.15) is 6.10 Å². The van der Waals surface area contributed by atoms with E-state index >= 15 is 0 Å². The fourth-order valence-corrected chi connectivity index (χ4v) is 2.62. The highest BCUT2D eigenvalue weighted by molar-refractivity contribution is 7.15. The van der Waals surface area contributed by atoms with Crippen LogP contribution in [0, 0.1) is 0 Å².